The topological polar surface area (TPSA) is 49.7 Å². The summed E-state index contributed by atoms with van der Waals surface area (Å²) in [4.78, 5) is 0. The Morgan fingerprint density at radius 3 is 1.67 bits per heavy atom. The first kappa shape index (κ1) is 16.9. The molecule has 0 fully saturated rings. The average Bonchev–Trinajstić information content (AvgIpc) is 2.31. The summed E-state index contributed by atoms with van der Waals surface area (Å²) in [5.74, 6) is 0.442. The molecule has 0 spiro atoms. The molecule has 3 nitrogen and oxygen atoms in total. The molecule has 18 heavy (non-hydrogen) atoms. The Hall–Kier alpha value is -1.11. The third-order valence-electron chi connectivity index (χ3n) is 1.78. The molecule has 0 aliphatic carbocycles. The van der Waals surface area contributed by atoms with E-state index in [9.17, 15) is 0 Å². The van der Waals surface area contributed by atoms with Crippen LogP contribution in [0.25, 0.3) is 0 Å². The number of hydrogen-bond acceptors (Lipinski definition) is 3. The van der Waals surface area contributed by atoms with Gasteiger partial charge in [-0.3, -0.25) is 0 Å². The van der Waals surface area contributed by atoms with Crippen molar-refractivity contribution in [1.82, 2.24) is 0 Å². The van der Waals surface area contributed by atoms with Crippen LogP contribution in [-0.2, 0) is 0 Å². The van der Waals surface area contributed by atoms with Crippen molar-refractivity contribution in [3.05, 3.63) is 60.7 Å². The minimum atomic E-state index is -1.73. The third-order valence-corrected chi connectivity index (χ3v) is 1.78. The predicted octanol–water partition coefficient (Wildman–Crippen LogP) is -2.37. The van der Waals surface area contributed by atoms with Crippen LogP contribution in [0.1, 0.15) is 1.43 Å². The Bertz CT molecular complexity index is 418. The van der Waals surface area contributed by atoms with Crippen molar-refractivity contribution in [2.75, 3.05) is 0 Å². The largest absolute Gasteiger partial charge is 1.00 e. The van der Waals surface area contributed by atoms with Crippen LogP contribution >= 0.6 is 0 Å². The van der Waals surface area contributed by atoms with Crippen LogP contribution in [0.15, 0.2) is 60.7 Å². The van der Waals surface area contributed by atoms with Crippen molar-refractivity contribution >= 4 is 20.6 Å². The quantitative estimate of drug-likeness (QED) is 0.571. The monoisotopic (exact) mass is 234 g/mol. The number of rotatable bonds is 2. The van der Waals surface area contributed by atoms with Gasteiger partial charge in [-0.25, -0.2) is 0 Å². The number of hydrogen-bond donors (Lipinski definition) is 2. The second kappa shape index (κ2) is 9.87. The van der Waals surface area contributed by atoms with Crippen molar-refractivity contribution in [2.24, 2.45) is 0 Å². The van der Waals surface area contributed by atoms with Gasteiger partial charge in [0.25, 0.3) is 0 Å². The molecule has 0 aliphatic rings. The van der Waals surface area contributed by atoms with E-state index in [1.807, 2.05) is 36.4 Å². The maximum Gasteiger partial charge on any atom is 1.00 e. The van der Waals surface area contributed by atoms with Gasteiger partial charge < -0.3 is 16.1 Å². The average molecular weight is 234 g/mol. The smallest absolute Gasteiger partial charge is 1.00 e. The van der Waals surface area contributed by atoms with E-state index >= 15 is 0 Å². The van der Waals surface area contributed by atoms with Crippen LogP contribution in [0.5, 0.6) is 5.75 Å². The Morgan fingerprint density at radius 2 is 1.33 bits per heavy atom. The molecular weight excluding hydrogens is 221 g/mol. The molecule has 0 aromatic heterocycles. The zero-order valence-corrected chi connectivity index (χ0v) is 10.2. The van der Waals surface area contributed by atoms with Gasteiger partial charge in [-0.1, -0.05) is 54.0 Å². The first-order chi connectivity index (χ1) is 8.18. The predicted molar refractivity (Wildman–Crippen MR) is 70.2 cm³/mol. The van der Waals surface area contributed by atoms with Crippen LogP contribution in [0.4, 0.5) is 0 Å². The molecule has 2 rings (SSSR count). The molecule has 2 aromatic carbocycles. The molecule has 2 radical (unpaired) electrons. The van der Waals surface area contributed by atoms with E-state index in [2.05, 4.69) is 4.65 Å². The molecule has 86 valence electrons. The molecule has 6 heteroatoms. The molecule has 2 aromatic rings. The Labute approximate surface area is 122 Å². The van der Waals surface area contributed by atoms with Crippen molar-refractivity contribution in [1.29, 1.82) is 0 Å². The van der Waals surface area contributed by atoms with Gasteiger partial charge in [-0.2, -0.15) is 0 Å². The molecule has 0 saturated carbocycles. The minimum absolute atomic E-state index is 0. The maximum atomic E-state index is 8.34. The van der Waals surface area contributed by atoms with Crippen molar-refractivity contribution in [3.63, 3.8) is 0 Å². The van der Waals surface area contributed by atoms with Gasteiger partial charge in [0.2, 0.25) is 0 Å². The van der Waals surface area contributed by atoms with Gasteiger partial charge >= 0.3 is 26.2 Å². The fourth-order valence-electron chi connectivity index (χ4n) is 1.07. The van der Waals surface area contributed by atoms with E-state index in [4.69, 9.17) is 17.9 Å². The Kier molecular flexibility index (Phi) is 9.26. The van der Waals surface area contributed by atoms with Gasteiger partial charge in [0.15, 0.2) is 0 Å². The normalized spacial score (nSPS) is 8.33. The van der Waals surface area contributed by atoms with Gasteiger partial charge in [-0.15, -0.1) is 0 Å². The summed E-state index contributed by atoms with van der Waals surface area (Å²) in [7, 11) is 3.62. The van der Waals surface area contributed by atoms with Gasteiger partial charge in [-0.05, 0) is 12.1 Å². The van der Waals surface area contributed by atoms with E-state index in [-0.39, 0.29) is 20.3 Å². The maximum absolute atomic E-state index is 8.34. The van der Waals surface area contributed by atoms with E-state index < -0.39 is 7.32 Å². The fraction of sp³-hybridized carbons (Fsp3) is 0. The van der Waals surface area contributed by atoms with Crippen molar-refractivity contribution in [3.8, 4) is 5.75 Å². The second-order valence-electron chi connectivity index (χ2n) is 3.17. The number of para-hydroxylation sites is 1. The summed E-state index contributed by atoms with van der Waals surface area (Å²) in [6, 6.07) is 18.1. The van der Waals surface area contributed by atoms with Gasteiger partial charge in [0.05, 0.1) is 0 Å². The van der Waals surface area contributed by atoms with E-state index in [1.165, 1.54) is 0 Å². The van der Waals surface area contributed by atoms with Crippen molar-refractivity contribution < 1.29 is 35.0 Å². The van der Waals surface area contributed by atoms with Gasteiger partial charge in [0, 0.05) is 0 Å². The molecule has 0 amide bonds. The Morgan fingerprint density at radius 1 is 0.889 bits per heavy atom. The standard InChI is InChI=1S/C6H7BO3.C6H5B.Li.H/c8-7(9)10-6-4-2-1-3-5-6;7-6-4-2-1-3-5-6;;/h1-5,8-9H;1-5H;;/q;;+1;-1. The van der Waals surface area contributed by atoms with Crippen LogP contribution in [0.3, 0.4) is 0 Å². The van der Waals surface area contributed by atoms with Crippen LogP contribution in [0.2, 0.25) is 0 Å². The van der Waals surface area contributed by atoms with Gasteiger partial charge in [0.1, 0.15) is 13.6 Å². The molecule has 0 heterocycles. The molecule has 0 bridgehead atoms. The summed E-state index contributed by atoms with van der Waals surface area (Å²) in [6.45, 7) is 0. The SMILES string of the molecule is OB(O)Oc1ccccc1.[B]c1ccccc1.[H-].[Li+]. The summed E-state index contributed by atoms with van der Waals surface area (Å²) in [5.41, 5.74) is 0.822. The van der Waals surface area contributed by atoms with Crippen LogP contribution < -0.4 is 29.0 Å². The zero-order chi connectivity index (χ0) is 12.5. The van der Waals surface area contributed by atoms with E-state index in [0.29, 0.717) is 5.75 Å². The van der Waals surface area contributed by atoms with E-state index in [1.54, 1.807) is 24.3 Å². The molecule has 2 N–H and O–H groups in total. The van der Waals surface area contributed by atoms with Crippen molar-refractivity contribution in [2.45, 2.75) is 0 Å². The van der Waals surface area contributed by atoms with Crippen LogP contribution in [0, 0.1) is 0 Å². The third kappa shape index (κ3) is 8.05. The minimum Gasteiger partial charge on any atom is -1.00 e. The summed E-state index contributed by atoms with van der Waals surface area (Å²) in [6.07, 6.45) is 0. The zero-order valence-electron chi connectivity index (χ0n) is 11.2. The summed E-state index contributed by atoms with van der Waals surface area (Å²) in [5, 5.41) is 16.7. The number of benzene rings is 2. The summed E-state index contributed by atoms with van der Waals surface area (Å²) < 4.78 is 4.53. The molecule has 0 unspecified atom stereocenters. The fourth-order valence-corrected chi connectivity index (χ4v) is 1.07. The molecule has 0 atom stereocenters. The van der Waals surface area contributed by atoms with E-state index in [0.717, 1.165) is 5.46 Å². The first-order valence-electron chi connectivity index (χ1n) is 5.07. The summed E-state index contributed by atoms with van der Waals surface area (Å²) >= 11 is 0. The molecule has 0 aliphatic heterocycles. The van der Waals surface area contributed by atoms with Crippen LogP contribution in [-0.4, -0.2) is 25.2 Å². The second-order valence-corrected chi connectivity index (χ2v) is 3.17. The Balaban J connectivity index is 0. The first-order valence-corrected chi connectivity index (χ1v) is 5.07. The molecule has 0 saturated heterocycles. The molecular formula is C12H13B2LiO3.